The van der Waals surface area contributed by atoms with Crippen LogP contribution in [0.5, 0.6) is 5.75 Å². The lowest BCUT2D eigenvalue weighted by Gasteiger charge is -2.15. The van der Waals surface area contributed by atoms with Crippen molar-refractivity contribution in [3.8, 4) is 5.75 Å². The van der Waals surface area contributed by atoms with Crippen LogP contribution in [-0.2, 0) is 9.53 Å². The highest BCUT2D eigenvalue weighted by molar-refractivity contribution is 7.00. The number of ether oxygens (including phenoxy) is 2. The number of esters is 1. The van der Waals surface area contributed by atoms with Crippen molar-refractivity contribution in [1.82, 2.24) is 8.75 Å². The van der Waals surface area contributed by atoms with Crippen LogP contribution in [-0.4, -0.2) is 34.2 Å². The molecule has 0 spiro atoms. The summed E-state index contributed by atoms with van der Waals surface area (Å²) in [5.74, 6) is -0.570. The Morgan fingerprint density at radius 1 is 1.08 bits per heavy atom. The topological polar surface area (TPSA) is 78.4 Å². The van der Waals surface area contributed by atoms with Crippen molar-refractivity contribution >= 4 is 34.5 Å². The van der Waals surface area contributed by atoms with Crippen LogP contribution in [0.2, 0.25) is 0 Å². The van der Waals surface area contributed by atoms with Crippen LogP contribution in [0, 0.1) is 0 Å². The molecule has 0 N–H and O–H groups in total. The Labute approximate surface area is 155 Å². The molecule has 0 fully saturated rings. The summed E-state index contributed by atoms with van der Waals surface area (Å²) < 4.78 is 18.6. The summed E-state index contributed by atoms with van der Waals surface area (Å²) in [5.41, 5.74) is 2.70. The SMILES string of the molecule is CCOC(=O)C(CC(=O)c1ccc(OC)cc1)c1ccc2nsnc2c1. The number of ketones is 1. The number of rotatable bonds is 7. The number of aromatic nitrogens is 2. The van der Waals surface area contributed by atoms with Gasteiger partial charge in [-0.2, -0.15) is 8.75 Å². The first-order valence-corrected chi connectivity index (χ1v) is 8.91. The molecule has 1 unspecified atom stereocenters. The second-order valence-electron chi connectivity index (χ2n) is 5.67. The molecule has 0 saturated heterocycles. The van der Waals surface area contributed by atoms with Crippen LogP contribution in [0.1, 0.15) is 35.2 Å². The zero-order chi connectivity index (χ0) is 18.5. The van der Waals surface area contributed by atoms with Crippen LogP contribution in [0.25, 0.3) is 11.0 Å². The summed E-state index contributed by atoms with van der Waals surface area (Å²) in [6, 6.07) is 12.2. The van der Waals surface area contributed by atoms with E-state index >= 15 is 0 Å². The van der Waals surface area contributed by atoms with Gasteiger partial charge in [0.15, 0.2) is 5.78 Å². The fraction of sp³-hybridized carbons (Fsp3) is 0.263. The first-order valence-electron chi connectivity index (χ1n) is 8.18. The minimum absolute atomic E-state index is 0.0221. The molecule has 1 aromatic heterocycles. The van der Waals surface area contributed by atoms with Crippen LogP contribution in [0.15, 0.2) is 42.5 Å². The molecule has 0 aliphatic carbocycles. The highest BCUT2D eigenvalue weighted by Gasteiger charge is 2.26. The van der Waals surface area contributed by atoms with Crippen LogP contribution < -0.4 is 4.74 Å². The maximum absolute atomic E-state index is 12.7. The molecule has 7 heteroatoms. The fourth-order valence-corrected chi connectivity index (χ4v) is 3.19. The van der Waals surface area contributed by atoms with Gasteiger partial charge in [-0.1, -0.05) is 6.07 Å². The van der Waals surface area contributed by atoms with E-state index in [0.29, 0.717) is 22.4 Å². The average Bonchev–Trinajstić information content (AvgIpc) is 3.14. The summed E-state index contributed by atoms with van der Waals surface area (Å²) >= 11 is 1.11. The smallest absolute Gasteiger partial charge is 0.313 e. The molecule has 0 bridgehead atoms. The number of methoxy groups -OCH3 is 1. The first-order chi connectivity index (χ1) is 12.6. The Kier molecular flexibility index (Phi) is 5.58. The molecule has 0 amide bonds. The Morgan fingerprint density at radius 3 is 2.50 bits per heavy atom. The molecular formula is C19H18N2O4S. The Hall–Kier alpha value is -2.80. The highest BCUT2D eigenvalue weighted by Crippen LogP contribution is 2.27. The quantitative estimate of drug-likeness (QED) is 0.467. The lowest BCUT2D eigenvalue weighted by molar-refractivity contribution is -0.144. The Balaban J connectivity index is 1.87. The molecule has 6 nitrogen and oxygen atoms in total. The maximum Gasteiger partial charge on any atom is 0.313 e. The predicted molar refractivity (Wildman–Crippen MR) is 98.7 cm³/mol. The largest absolute Gasteiger partial charge is 0.497 e. The molecule has 0 radical (unpaired) electrons. The summed E-state index contributed by atoms with van der Waals surface area (Å²) in [4.78, 5) is 25.1. The van der Waals surface area contributed by atoms with Crippen molar-refractivity contribution in [1.29, 1.82) is 0 Å². The minimum Gasteiger partial charge on any atom is -0.497 e. The summed E-state index contributed by atoms with van der Waals surface area (Å²) in [6.07, 6.45) is 0.0221. The predicted octanol–water partition coefficient (Wildman–Crippen LogP) is 3.62. The Morgan fingerprint density at radius 2 is 1.81 bits per heavy atom. The molecule has 0 saturated carbocycles. The summed E-state index contributed by atoms with van der Waals surface area (Å²) in [7, 11) is 1.57. The van der Waals surface area contributed by atoms with Gasteiger partial charge in [-0.05, 0) is 48.9 Å². The summed E-state index contributed by atoms with van der Waals surface area (Å²) in [6.45, 7) is 2.00. The van der Waals surface area contributed by atoms with E-state index in [1.54, 1.807) is 56.5 Å². The Bertz CT molecular complexity index is 921. The van der Waals surface area contributed by atoms with E-state index in [0.717, 1.165) is 17.2 Å². The maximum atomic E-state index is 12.7. The number of fused-ring (bicyclic) bond motifs is 1. The van der Waals surface area contributed by atoms with Gasteiger partial charge in [-0.25, -0.2) is 0 Å². The molecule has 134 valence electrons. The normalized spacial score (nSPS) is 11.9. The van der Waals surface area contributed by atoms with Gasteiger partial charge in [0.2, 0.25) is 0 Å². The lowest BCUT2D eigenvalue weighted by atomic mass is 9.91. The number of carbonyl (C=O) groups excluding carboxylic acids is 2. The van der Waals surface area contributed by atoms with Crippen molar-refractivity contribution in [2.24, 2.45) is 0 Å². The molecule has 0 aliphatic heterocycles. The van der Waals surface area contributed by atoms with E-state index in [1.807, 2.05) is 0 Å². The number of carbonyl (C=O) groups is 2. The summed E-state index contributed by atoms with van der Waals surface area (Å²) in [5, 5.41) is 0. The van der Waals surface area contributed by atoms with Crippen molar-refractivity contribution in [2.45, 2.75) is 19.3 Å². The van der Waals surface area contributed by atoms with Gasteiger partial charge < -0.3 is 9.47 Å². The number of benzene rings is 2. The van der Waals surface area contributed by atoms with E-state index in [2.05, 4.69) is 8.75 Å². The molecule has 1 heterocycles. The second-order valence-corrected chi connectivity index (χ2v) is 6.20. The van der Waals surface area contributed by atoms with Gasteiger partial charge in [-0.3, -0.25) is 9.59 Å². The lowest BCUT2D eigenvalue weighted by Crippen LogP contribution is -2.19. The first kappa shape index (κ1) is 18.0. The molecule has 0 aliphatic rings. The van der Waals surface area contributed by atoms with Crippen molar-refractivity contribution < 1.29 is 19.1 Å². The highest BCUT2D eigenvalue weighted by atomic mass is 32.1. The van der Waals surface area contributed by atoms with Gasteiger partial charge in [0, 0.05) is 12.0 Å². The van der Waals surface area contributed by atoms with Gasteiger partial charge in [-0.15, -0.1) is 0 Å². The average molecular weight is 370 g/mol. The van der Waals surface area contributed by atoms with Crippen molar-refractivity contribution in [3.63, 3.8) is 0 Å². The number of hydrogen-bond donors (Lipinski definition) is 0. The van der Waals surface area contributed by atoms with Crippen LogP contribution in [0.4, 0.5) is 0 Å². The molecule has 26 heavy (non-hydrogen) atoms. The molecular weight excluding hydrogens is 352 g/mol. The second kappa shape index (κ2) is 8.05. The zero-order valence-corrected chi connectivity index (χ0v) is 15.3. The van der Waals surface area contributed by atoms with E-state index in [4.69, 9.17) is 9.47 Å². The molecule has 3 rings (SSSR count). The monoisotopic (exact) mass is 370 g/mol. The van der Waals surface area contributed by atoms with Crippen LogP contribution >= 0.6 is 11.7 Å². The van der Waals surface area contributed by atoms with Gasteiger partial charge >= 0.3 is 5.97 Å². The van der Waals surface area contributed by atoms with Gasteiger partial charge in [0.1, 0.15) is 16.8 Å². The third kappa shape index (κ3) is 3.88. The van der Waals surface area contributed by atoms with Crippen LogP contribution in [0.3, 0.4) is 0 Å². The fourth-order valence-electron chi connectivity index (χ4n) is 2.68. The minimum atomic E-state index is -0.685. The van der Waals surface area contributed by atoms with Crippen molar-refractivity contribution in [2.75, 3.05) is 13.7 Å². The zero-order valence-electron chi connectivity index (χ0n) is 14.5. The molecule has 1 atom stereocenters. The number of hydrogen-bond acceptors (Lipinski definition) is 7. The third-order valence-corrected chi connectivity index (χ3v) is 4.61. The van der Waals surface area contributed by atoms with Gasteiger partial charge in [0.05, 0.1) is 31.4 Å². The number of Topliss-reactive ketones (excluding diaryl/α,β-unsaturated/α-hetero) is 1. The number of nitrogens with zero attached hydrogens (tertiary/aromatic N) is 2. The van der Waals surface area contributed by atoms with Crippen molar-refractivity contribution in [3.05, 3.63) is 53.6 Å². The van der Waals surface area contributed by atoms with E-state index in [-0.39, 0.29) is 18.8 Å². The standard InChI is InChI=1S/C19H18N2O4S/c1-3-25-19(23)15(13-6-9-16-17(10-13)21-26-20-16)11-18(22)12-4-7-14(24-2)8-5-12/h4-10,15H,3,11H2,1-2H3. The molecule has 3 aromatic rings. The van der Waals surface area contributed by atoms with E-state index in [9.17, 15) is 9.59 Å². The molecule has 2 aromatic carbocycles. The van der Waals surface area contributed by atoms with E-state index in [1.165, 1.54) is 0 Å². The van der Waals surface area contributed by atoms with E-state index < -0.39 is 11.9 Å². The van der Waals surface area contributed by atoms with Gasteiger partial charge in [0.25, 0.3) is 0 Å². The third-order valence-electron chi connectivity index (χ3n) is 4.05.